The molecule has 5 heteroatoms. The number of amides is 1. The van der Waals surface area contributed by atoms with Gasteiger partial charge in [-0.1, -0.05) is 42.8 Å². The highest BCUT2D eigenvalue weighted by Gasteiger charge is 2.16. The lowest BCUT2D eigenvalue weighted by Crippen LogP contribution is -2.29. The summed E-state index contributed by atoms with van der Waals surface area (Å²) >= 11 is 6.12. The molecule has 24 heavy (non-hydrogen) atoms. The zero-order valence-corrected chi connectivity index (χ0v) is 14.9. The fourth-order valence-electron chi connectivity index (χ4n) is 2.55. The van der Waals surface area contributed by atoms with E-state index in [2.05, 4.69) is 5.32 Å². The van der Waals surface area contributed by atoms with Gasteiger partial charge in [-0.15, -0.1) is 0 Å². The first-order valence-electron chi connectivity index (χ1n) is 7.83. The molecule has 0 fully saturated rings. The maximum atomic E-state index is 12.4. The Morgan fingerprint density at radius 1 is 1.12 bits per heavy atom. The van der Waals surface area contributed by atoms with Crippen molar-refractivity contribution in [2.24, 2.45) is 0 Å². The number of ether oxygens (including phenoxy) is 2. The molecule has 1 N–H and O–H groups in total. The monoisotopic (exact) mass is 347 g/mol. The summed E-state index contributed by atoms with van der Waals surface area (Å²) < 4.78 is 10.6. The van der Waals surface area contributed by atoms with E-state index in [-0.39, 0.29) is 18.4 Å². The minimum atomic E-state index is -0.0974. The number of rotatable bonds is 7. The Bertz CT molecular complexity index is 703. The lowest BCUT2D eigenvalue weighted by atomic mass is 10.0. The average Bonchev–Trinajstić information content (AvgIpc) is 2.61. The number of methoxy groups -OCH3 is 2. The van der Waals surface area contributed by atoms with Crippen LogP contribution in [0.5, 0.6) is 11.5 Å². The summed E-state index contributed by atoms with van der Waals surface area (Å²) in [7, 11) is 3.19. The quantitative estimate of drug-likeness (QED) is 0.817. The van der Waals surface area contributed by atoms with Crippen LogP contribution in [0, 0.1) is 0 Å². The van der Waals surface area contributed by atoms with Gasteiger partial charge in [-0.25, -0.2) is 0 Å². The van der Waals surface area contributed by atoms with Crippen molar-refractivity contribution in [1.29, 1.82) is 0 Å². The van der Waals surface area contributed by atoms with Crippen LogP contribution in [0.15, 0.2) is 42.5 Å². The summed E-state index contributed by atoms with van der Waals surface area (Å²) in [5, 5.41) is 3.66. The molecule has 2 rings (SSSR count). The van der Waals surface area contributed by atoms with E-state index in [1.807, 2.05) is 43.3 Å². The third-order valence-electron chi connectivity index (χ3n) is 3.86. The molecule has 0 aliphatic heterocycles. The Morgan fingerprint density at radius 3 is 2.46 bits per heavy atom. The third-order valence-corrected chi connectivity index (χ3v) is 4.23. The van der Waals surface area contributed by atoms with Crippen LogP contribution in [0.2, 0.25) is 5.02 Å². The van der Waals surface area contributed by atoms with E-state index in [1.165, 1.54) is 0 Å². The Morgan fingerprint density at radius 2 is 1.83 bits per heavy atom. The Labute approximate surface area is 147 Å². The van der Waals surface area contributed by atoms with Crippen molar-refractivity contribution < 1.29 is 14.3 Å². The zero-order valence-electron chi connectivity index (χ0n) is 14.1. The van der Waals surface area contributed by atoms with Crippen LogP contribution in [0.3, 0.4) is 0 Å². The molecule has 0 unspecified atom stereocenters. The first-order valence-corrected chi connectivity index (χ1v) is 8.21. The molecule has 0 bridgehead atoms. The number of nitrogens with one attached hydrogen (secondary N) is 1. The van der Waals surface area contributed by atoms with Crippen molar-refractivity contribution in [2.45, 2.75) is 25.8 Å². The summed E-state index contributed by atoms with van der Waals surface area (Å²) in [6.45, 7) is 2.02. The number of carbonyl (C=O) groups excluding carboxylic acids is 1. The number of hydrogen-bond acceptors (Lipinski definition) is 3. The van der Waals surface area contributed by atoms with Crippen LogP contribution in [-0.4, -0.2) is 20.1 Å². The summed E-state index contributed by atoms with van der Waals surface area (Å²) in [6.07, 6.45) is 1.02. The van der Waals surface area contributed by atoms with Crippen molar-refractivity contribution >= 4 is 17.5 Å². The van der Waals surface area contributed by atoms with Gasteiger partial charge in [0.15, 0.2) is 11.5 Å². The molecule has 0 saturated carbocycles. The first-order chi connectivity index (χ1) is 11.6. The van der Waals surface area contributed by atoms with Crippen molar-refractivity contribution in [2.75, 3.05) is 14.2 Å². The number of halogens is 1. The van der Waals surface area contributed by atoms with E-state index in [1.54, 1.807) is 20.3 Å². The van der Waals surface area contributed by atoms with Crippen molar-refractivity contribution in [3.63, 3.8) is 0 Å². The van der Waals surface area contributed by atoms with Crippen LogP contribution in [0.1, 0.15) is 30.5 Å². The van der Waals surface area contributed by atoms with Gasteiger partial charge in [0.05, 0.1) is 26.7 Å². The number of benzene rings is 2. The molecule has 0 aliphatic rings. The molecule has 1 amide bonds. The summed E-state index contributed by atoms with van der Waals surface area (Å²) in [5.41, 5.74) is 1.79. The molecular weight excluding hydrogens is 326 g/mol. The number of carbonyl (C=O) groups is 1. The maximum absolute atomic E-state index is 12.4. The molecule has 0 spiro atoms. The van der Waals surface area contributed by atoms with Gasteiger partial charge in [0.2, 0.25) is 5.91 Å². The molecule has 4 nitrogen and oxygen atoms in total. The van der Waals surface area contributed by atoms with Gasteiger partial charge in [0.25, 0.3) is 0 Å². The molecule has 128 valence electrons. The van der Waals surface area contributed by atoms with E-state index in [4.69, 9.17) is 21.1 Å². The van der Waals surface area contributed by atoms with Gasteiger partial charge in [0, 0.05) is 5.02 Å². The highest BCUT2D eigenvalue weighted by atomic mass is 35.5. The Kier molecular flexibility index (Phi) is 6.50. The van der Waals surface area contributed by atoms with E-state index in [0.717, 1.165) is 17.5 Å². The summed E-state index contributed by atoms with van der Waals surface area (Å²) in [6, 6.07) is 12.9. The predicted molar refractivity (Wildman–Crippen MR) is 95.9 cm³/mol. The molecule has 0 saturated heterocycles. The highest BCUT2D eigenvalue weighted by molar-refractivity contribution is 6.31. The molecule has 2 aromatic rings. The molecule has 2 aromatic carbocycles. The van der Waals surface area contributed by atoms with E-state index < -0.39 is 0 Å². The Balaban J connectivity index is 2.11. The minimum Gasteiger partial charge on any atom is -0.493 e. The molecule has 1 atom stereocenters. The lowest BCUT2D eigenvalue weighted by Gasteiger charge is -2.19. The topological polar surface area (TPSA) is 47.6 Å². The van der Waals surface area contributed by atoms with Crippen LogP contribution >= 0.6 is 11.6 Å². The number of hydrogen-bond donors (Lipinski definition) is 1. The van der Waals surface area contributed by atoms with Gasteiger partial charge >= 0.3 is 0 Å². The minimum absolute atomic E-state index is 0.0651. The second-order valence-corrected chi connectivity index (χ2v) is 5.82. The fraction of sp³-hybridized carbons (Fsp3) is 0.316. The molecule has 0 aromatic heterocycles. The molecule has 0 aliphatic carbocycles. The van der Waals surface area contributed by atoms with Crippen LogP contribution in [0.4, 0.5) is 0 Å². The first kappa shape index (κ1) is 18.1. The van der Waals surface area contributed by atoms with Gasteiger partial charge < -0.3 is 14.8 Å². The fourth-order valence-corrected chi connectivity index (χ4v) is 2.75. The normalized spacial score (nSPS) is 11.7. The van der Waals surface area contributed by atoms with E-state index >= 15 is 0 Å². The van der Waals surface area contributed by atoms with Gasteiger partial charge in [0.1, 0.15) is 0 Å². The zero-order chi connectivity index (χ0) is 17.5. The van der Waals surface area contributed by atoms with E-state index in [0.29, 0.717) is 16.5 Å². The van der Waals surface area contributed by atoms with Crippen LogP contribution in [0.25, 0.3) is 0 Å². The lowest BCUT2D eigenvalue weighted by molar-refractivity contribution is -0.121. The highest BCUT2D eigenvalue weighted by Crippen LogP contribution is 2.31. The van der Waals surface area contributed by atoms with Crippen molar-refractivity contribution in [1.82, 2.24) is 5.32 Å². The van der Waals surface area contributed by atoms with Crippen molar-refractivity contribution in [3.8, 4) is 11.5 Å². The van der Waals surface area contributed by atoms with Gasteiger partial charge in [-0.05, 0) is 35.7 Å². The third kappa shape index (κ3) is 4.42. The van der Waals surface area contributed by atoms with Crippen LogP contribution < -0.4 is 14.8 Å². The largest absolute Gasteiger partial charge is 0.493 e. The predicted octanol–water partition coefficient (Wildman–Crippen LogP) is 4.17. The molecule has 0 heterocycles. The van der Waals surface area contributed by atoms with Crippen molar-refractivity contribution in [3.05, 3.63) is 58.6 Å². The maximum Gasteiger partial charge on any atom is 0.224 e. The SMILES string of the molecule is CC[C@H](NC(=O)Cc1ccccc1Cl)c1ccc(OC)c(OC)c1. The molecule has 0 radical (unpaired) electrons. The Hall–Kier alpha value is -2.20. The van der Waals surface area contributed by atoms with Gasteiger partial charge in [-0.3, -0.25) is 4.79 Å². The average molecular weight is 348 g/mol. The van der Waals surface area contributed by atoms with Crippen LogP contribution in [-0.2, 0) is 11.2 Å². The van der Waals surface area contributed by atoms with Gasteiger partial charge in [-0.2, -0.15) is 0 Å². The standard InChI is InChI=1S/C19H22ClNO3/c1-4-16(14-9-10-17(23-2)18(11-14)24-3)21-19(22)12-13-7-5-6-8-15(13)20/h5-11,16H,4,12H2,1-3H3,(H,21,22)/t16-/m0/s1. The second-order valence-electron chi connectivity index (χ2n) is 5.41. The second kappa shape index (κ2) is 8.60. The molecular formula is C19H22ClNO3. The summed E-state index contributed by atoms with van der Waals surface area (Å²) in [4.78, 5) is 12.4. The summed E-state index contributed by atoms with van der Waals surface area (Å²) in [5.74, 6) is 1.25. The van der Waals surface area contributed by atoms with E-state index in [9.17, 15) is 4.79 Å². The smallest absolute Gasteiger partial charge is 0.224 e.